The number of aryl methyl sites for hydroxylation is 2. The highest BCUT2D eigenvalue weighted by atomic mass is 79.9. The number of halogens is 3. The molecule has 0 fully saturated rings. The lowest BCUT2D eigenvalue weighted by Crippen LogP contribution is -2.27. The largest absolute Gasteiger partial charge is 0.327 e. The summed E-state index contributed by atoms with van der Waals surface area (Å²) in [5.41, 5.74) is 9.14. The zero-order valence-electron chi connectivity index (χ0n) is 12.0. The summed E-state index contributed by atoms with van der Waals surface area (Å²) in [5, 5.41) is 4.88. The predicted molar refractivity (Wildman–Crippen MR) is 87.1 cm³/mol. The smallest absolute Gasteiger partial charge is 0.124 e. The fourth-order valence-corrected chi connectivity index (χ4v) is 3.04. The molecule has 0 aliphatic carbocycles. The SMILES string of the molecule is CCn1nc(C)c(Br)c1CC(N)Cc1ccc(F)cc1Cl. The Labute approximate surface area is 137 Å². The van der Waals surface area contributed by atoms with E-state index in [-0.39, 0.29) is 11.9 Å². The highest BCUT2D eigenvalue weighted by Crippen LogP contribution is 2.24. The topological polar surface area (TPSA) is 43.8 Å². The van der Waals surface area contributed by atoms with Crippen molar-refractivity contribution in [2.45, 2.75) is 39.3 Å². The molecular weight excluding hydrogens is 357 g/mol. The number of hydrogen-bond donors (Lipinski definition) is 1. The van der Waals surface area contributed by atoms with Crippen LogP contribution in [0.4, 0.5) is 4.39 Å². The van der Waals surface area contributed by atoms with Crippen LogP contribution in [-0.2, 0) is 19.4 Å². The van der Waals surface area contributed by atoms with Gasteiger partial charge in [-0.3, -0.25) is 4.68 Å². The molecule has 1 atom stereocenters. The number of nitrogens with zero attached hydrogens (tertiary/aromatic N) is 2. The lowest BCUT2D eigenvalue weighted by atomic mass is 10.0. The zero-order valence-corrected chi connectivity index (χ0v) is 14.4. The summed E-state index contributed by atoms with van der Waals surface area (Å²) in [7, 11) is 0. The molecule has 3 nitrogen and oxygen atoms in total. The van der Waals surface area contributed by atoms with Gasteiger partial charge in [0.1, 0.15) is 5.82 Å². The van der Waals surface area contributed by atoms with Gasteiger partial charge < -0.3 is 5.73 Å². The summed E-state index contributed by atoms with van der Waals surface area (Å²) >= 11 is 9.61. The van der Waals surface area contributed by atoms with Crippen molar-refractivity contribution in [1.29, 1.82) is 0 Å². The van der Waals surface area contributed by atoms with Gasteiger partial charge in [-0.15, -0.1) is 0 Å². The molecule has 0 spiro atoms. The highest BCUT2D eigenvalue weighted by Gasteiger charge is 2.16. The summed E-state index contributed by atoms with van der Waals surface area (Å²) in [6.45, 7) is 4.80. The third-order valence-electron chi connectivity index (χ3n) is 3.41. The quantitative estimate of drug-likeness (QED) is 0.863. The van der Waals surface area contributed by atoms with Gasteiger partial charge in [-0.05, 0) is 53.9 Å². The monoisotopic (exact) mass is 373 g/mol. The van der Waals surface area contributed by atoms with Crippen LogP contribution in [0.5, 0.6) is 0 Å². The molecule has 114 valence electrons. The van der Waals surface area contributed by atoms with Crippen molar-refractivity contribution in [3.8, 4) is 0 Å². The molecule has 0 aliphatic heterocycles. The van der Waals surface area contributed by atoms with E-state index in [0.29, 0.717) is 17.9 Å². The molecule has 1 heterocycles. The number of rotatable bonds is 5. The molecule has 0 bridgehead atoms. The summed E-state index contributed by atoms with van der Waals surface area (Å²) in [6.07, 6.45) is 1.28. The third kappa shape index (κ3) is 3.84. The Hall–Kier alpha value is -0.910. The number of hydrogen-bond acceptors (Lipinski definition) is 2. The van der Waals surface area contributed by atoms with Gasteiger partial charge in [0.15, 0.2) is 0 Å². The normalized spacial score (nSPS) is 12.7. The molecule has 0 amide bonds. The maximum absolute atomic E-state index is 13.1. The Morgan fingerprint density at radius 3 is 2.76 bits per heavy atom. The van der Waals surface area contributed by atoms with Gasteiger partial charge in [-0.1, -0.05) is 17.7 Å². The molecule has 0 radical (unpaired) electrons. The second-order valence-electron chi connectivity index (χ2n) is 5.07. The van der Waals surface area contributed by atoms with E-state index in [0.717, 1.165) is 28.0 Å². The lowest BCUT2D eigenvalue weighted by molar-refractivity contribution is 0.572. The van der Waals surface area contributed by atoms with Crippen LogP contribution < -0.4 is 5.73 Å². The molecule has 0 aliphatic rings. The summed E-state index contributed by atoms with van der Waals surface area (Å²) < 4.78 is 16.0. The summed E-state index contributed by atoms with van der Waals surface area (Å²) in [4.78, 5) is 0. The van der Waals surface area contributed by atoms with E-state index in [9.17, 15) is 4.39 Å². The van der Waals surface area contributed by atoms with Crippen molar-refractivity contribution in [2.24, 2.45) is 5.73 Å². The second-order valence-corrected chi connectivity index (χ2v) is 6.27. The van der Waals surface area contributed by atoms with Gasteiger partial charge in [0.05, 0.1) is 15.9 Å². The first-order valence-corrected chi connectivity index (χ1v) is 8.00. The molecule has 1 aromatic carbocycles. The molecular formula is C15H18BrClFN3. The van der Waals surface area contributed by atoms with Crippen LogP contribution in [0.1, 0.15) is 23.9 Å². The van der Waals surface area contributed by atoms with Crippen LogP contribution >= 0.6 is 27.5 Å². The second kappa shape index (κ2) is 6.90. The zero-order chi connectivity index (χ0) is 15.6. The fourth-order valence-electron chi connectivity index (χ4n) is 2.35. The third-order valence-corrected chi connectivity index (χ3v) is 4.79. The van der Waals surface area contributed by atoms with Crippen LogP contribution in [-0.4, -0.2) is 15.8 Å². The Kier molecular flexibility index (Phi) is 5.41. The van der Waals surface area contributed by atoms with E-state index in [4.69, 9.17) is 17.3 Å². The fraction of sp³-hybridized carbons (Fsp3) is 0.400. The van der Waals surface area contributed by atoms with Crippen molar-refractivity contribution < 1.29 is 4.39 Å². The molecule has 2 rings (SSSR count). The van der Waals surface area contributed by atoms with Crippen LogP contribution in [0.3, 0.4) is 0 Å². The van der Waals surface area contributed by atoms with Crippen molar-refractivity contribution in [3.05, 3.63) is 50.5 Å². The van der Waals surface area contributed by atoms with Crippen LogP contribution in [0.15, 0.2) is 22.7 Å². The van der Waals surface area contributed by atoms with E-state index in [1.807, 2.05) is 18.5 Å². The molecule has 2 aromatic rings. The maximum Gasteiger partial charge on any atom is 0.124 e. The predicted octanol–water partition coefficient (Wildman–Crippen LogP) is 3.88. The standard InChI is InChI=1S/C15H18BrClFN3/c1-3-21-14(15(16)9(2)20-21)8-12(19)6-10-4-5-11(18)7-13(10)17/h4-5,7,12H,3,6,8,19H2,1-2H3. The molecule has 0 saturated carbocycles. The Balaban J connectivity index is 2.13. The molecule has 1 aromatic heterocycles. The maximum atomic E-state index is 13.1. The van der Waals surface area contributed by atoms with Crippen LogP contribution in [0.25, 0.3) is 0 Å². The minimum atomic E-state index is -0.334. The molecule has 2 N–H and O–H groups in total. The first kappa shape index (κ1) is 16.5. The molecule has 0 saturated heterocycles. The summed E-state index contributed by atoms with van der Waals surface area (Å²) in [5.74, 6) is -0.334. The number of nitrogens with two attached hydrogens (primary N) is 1. The van der Waals surface area contributed by atoms with Crippen molar-refractivity contribution in [1.82, 2.24) is 9.78 Å². The van der Waals surface area contributed by atoms with Gasteiger partial charge >= 0.3 is 0 Å². The van der Waals surface area contributed by atoms with E-state index in [2.05, 4.69) is 21.0 Å². The first-order valence-electron chi connectivity index (χ1n) is 6.83. The van der Waals surface area contributed by atoms with E-state index in [1.54, 1.807) is 6.07 Å². The van der Waals surface area contributed by atoms with Crippen LogP contribution in [0.2, 0.25) is 5.02 Å². The minimum absolute atomic E-state index is 0.106. The van der Waals surface area contributed by atoms with Gasteiger partial charge in [0.2, 0.25) is 0 Å². The van der Waals surface area contributed by atoms with E-state index < -0.39 is 0 Å². The van der Waals surface area contributed by atoms with Gasteiger partial charge in [0, 0.05) is 24.0 Å². The Bertz CT molecular complexity index is 642. The minimum Gasteiger partial charge on any atom is -0.327 e. The average molecular weight is 375 g/mol. The van der Waals surface area contributed by atoms with Crippen molar-refractivity contribution >= 4 is 27.5 Å². The molecule has 6 heteroatoms. The highest BCUT2D eigenvalue weighted by molar-refractivity contribution is 9.10. The molecule has 21 heavy (non-hydrogen) atoms. The Morgan fingerprint density at radius 1 is 1.43 bits per heavy atom. The van der Waals surface area contributed by atoms with Crippen molar-refractivity contribution in [3.63, 3.8) is 0 Å². The number of benzene rings is 1. The summed E-state index contributed by atoms with van der Waals surface area (Å²) in [6, 6.07) is 4.31. The van der Waals surface area contributed by atoms with Crippen LogP contribution in [0, 0.1) is 12.7 Å². The van der Waals surface area contributed by atoms with E-state index in [1.165, 1.54) is 12.1 Å². The lowest BCUT2D eigenvalue weighted by Gasteiger charge is -2.14. The van der Waals surface area contributed by atoms with Gasteiger partial charge in [0.25, 0.3) is 0 Å². The van der Waals surface area contributed by atoms with Gasteiger partial charge in [-0.25, -0.2) is 4.39 Å². The van der Waals surface area contributed by atoms with E-state index >= 15 is 0 Å². The molecule has 1 unspecified atom stereocenters. The van der Waals surface area contributed by atoms with Crippen molar-refractivity contribution in [2.75, 3.05) is 0 Å². The van der Waals surface area contributed by atoms with Gasteiger partial charge in [-0.2, -0.15) is 5.10 Å². The first-order chi connectivity index (χ1) is 9.92. The average Bonchev–Trinajstić information content (AvgIpc) is 2.69. The number of aromatic nitrogens is 2. The Morgan fingerprint density at radius 2 is 2.14 bits per heavy atom.